The number of allylic oxidation sites excluding steroid dienone is 2. The van der Waals surface area contributed by atoms with Crippen molar-refractivity contribution in [3.8, 4) is 11.8 Å². The Kier molecular flexibility index (Phi) is 8.10. The Morgan fingerprint density at radius 3 is 2.78 bits per heavy atom. The maximum Gasteiger partial charge on any atom is 0.303 e. The Labute approximate surface area is 163 Å². The van der Waals surface area contributed by atoms with Gasteiger partial charge in [0.2, 0.25) is 0 Å². The second kappa shape index (κ2) is 10.1. The third kappa shape index (κ3) is 6.50. The van der Waals surface area contributed by atoms with Gasteiger partial charge in [0, 0.05) is 25.7 Å². The maximum atomic E-state index is 12.7. The highest BCUT2D eigenvalue weighted by atomic mass is 16.4. The van der Waals surface area contributed by atoms with E-state index in [0.29, 0.717) is 37.5 Å². The van der Waals surface area contributed by atoms with Gasteiger partial charge in [-0.1, -0.05) is 25.5 Å². The summed E-state index contributed by atoms with van der Waals surface area (Å²) in [7, 11) is 0. The van der Waals surface area contributed by atoms with Crippen molar-refractivity contribution in [2.45, 2.75) is 90.1 Å². The van der Waals surface area contributed by atoms with Crippen molar-refractivity contribution < 1.29 is 19.8 Å². The molecule has 1 fully saturated rings. The number of hydrogen-bond acceptors (Lipinski definition) is 3. The largest absolute Gasteiger partial charge is 0.481 e. The van der Waals surface area contributed by atoms with Crippen LogP contribution >= 0.6 is 0 Å². The first-order chi connectivity index (χ1) is 12.8. The Morgan fingerprint density at radius 1 is 1.30 bits per heavy atom. The summed E-state index contributed by atoms with van der Waals surface area (Å²) in [5.41, 5.74) is 0.134. The minimum absolute atomic E-state index is 0.00646. The molecule has 0 heterocycles. The quantitative estimate of drug-likeness (QED) is 0.460. The molecule has 27 heavy (non-hydrogen) atoms. The lowest BCUT2D eigenvalue weighted by Crippen LogP contribution is -2.36. The fourth-order valence-corrected chi connectivity index (χ4v) is 4.48. The van der Waals surface area contributed by atoms with E-state index in [2.05, 4.69) is 24.8 Å². The molecule has 0 aliphatic heterocycles. The maximum absolute atomic E-state index is 12.7. The minimum Gasteiger partial charge on any atom is -0.481 e. The summed E-state index contributed by atoms with van der Waals surface area (Å²) in [6, 6.07) is 0. The molecule has 0 spiro atoms. The number of rotatable bonds is 9. The first-order valence-electron chi connectivity index (χ1n) is 10.5. The van der Waals surface area contributed by atoms with Crippen LogP contribution < -0.4 is 0 Å². The van der Waals surface area contributed by atoms with E-state index < -0.39 is 11.6 Å². The van der Waals surface area contributed by atoms with Gasteiger partial charge in [0.1, 0.15) is 5.60 Å². The summed E-state index contributed by atoms with van der Waals surface area (Å²) in [6.07, 6.45) is 9.89. The van der Waals surface area contributed by atoms with Crippen LogP contribution in [0.5, 0.6) is 0 Å². The molecule has 2 aliphatic carbocycles. The van der Waals surface area contributed by atoms with Crippen LogP contribution in [-0.2, 0) is 9.59 Å². The van der Waals surface area contributed by atoms with Crippen LogP contribution in [0.2, 0.25) is 0 Å². The molecule has 2 aliphatic rings. The van der Waals surface area contributed by atoms with Gasteiger partial charge in [-0.15, -0.1) is 11.8 Å². The summed E-state index contributed by atoms with van der Waals surface area (Å²) >= 11 is 0. The smallest absolute Gasteiger partial charge is 0.303 e. The monoisotopic (exact) mass is 374 g/mol. The molecular weight excluding hydrogens is 340 g/mol. The summed E-state index contributed by atoms with van der Waals surface area (Å²) in [6.45, 7) is 4.14. The number of aliphatic hydroxyl groups is 1. The molecule has 2 rings (SSSR count). The number of Topliss-reactive ketones (excluding diaryl/α,β-unsaturated/α-hetero) is 1. The van der Waals surface area contributed by atoms with E-state index in [-0.39, 0.29) is 18.1 Å². The van der Waals surface area contributed by atoms with Gasteiger partial charge >= 0.3 is 5.97 Å². The number of aliphatic carboxylic acids is 1. The second-order valence-corrected chi connectivity index (χ2v) is 8.45. The fraction of sp³-hybridized carbons (Fsp3) is 0.739. The highest BCUT2D eigenvalue weighted by Crippen LogP contribution is 2.47. The topological polar surface area (TPSA) is 74.6 Å². The molecule has 0 bridgehead atoms. The molecule has 4 heteroatoms. The predicted octanol–water partition coefficient (Wildman–Crippen LogP) is 4.51. The highest BCUT2D eigenvalue weighted by Gasteiger charge is 2.48. The molecule has 4 nitrogen and oxygen atoms in total. The zero-order chi connectivity index (χ0) is 19.9. The van der Waals surface area contributed by atoms with E-state index in [0.717, 1.165) is 38.5 Å². The van der Waals surface area contributed by atoms with Gasteiger partial charge in [0.25, 0.3) is 0 Å². The van der Waals surface area contributed by atoms with Crippen LogP contribution in [0, 0.1) is 29.6 Å². The molecular formula is C23H34O4. The van der Waals surface area contributed by atoms with Crippen LogP contribution in [-0.4, -0.2) is 27.6 Å². The lowest BCUT2D eigenvalue weighted by Gasteiger charge is -2.23. The molecule has 2 unspecified atom stereocenters. The van der Waals surface area contributed by atoms with Gasteiger partial charge in [-0.3, -0.25) is 9.59 Å². The second-order valence-electron chi connectivity index (χ2n) is 8.45. The number of fused-ring (bicyclic) bond motifs is 1. The van der Waals surface area contributed by atoms with E-state index in [4.69, 9.17) is 5.11 Å². The number of carbonyl (C=O) groups is 2. The fourth-order valence-electron chi connectivity index (χ4n) is 4.48. The Morgan fingerprint density at radius 2 is 2.07 bits per heavy atom. The normalized spacial score (nSPS) is 27.9. The molecule has 0 aromatic rings. The van der Waals surface area contributed by atoms with Crippen LogP contribution in [0.1, 0.15) is 84.5 Å². The average Bonchev–Trinajstić information content (AvgIpc) is 2.96. The van der Waals surface area contributed by atoms with Crippen molar-refractivity contribution in [2.75, 3.05) is 0 Å². The van der Waals surface area contributed by atoms with Gasteiger partial charge in [0.15, 0.2) is 5.78 Å². The summed E-state index contributed by atoms with van der Waals surface area (Å²) < 4.78 is 0. The third-order valence-corrected chi connectivity index (χ3v) is 6.09. The van der Waals surface area contributed by atoms with Gasteiger partial charge in [-0.2, -0.15) is 0 Å². The minimum atomic E-state index is -1.17. The van der Waals surface area contributed by atoms with E-state index in [1.54, 1.807) is 0 Å². The van der Waals surface area contributed by atoms with E-state index >= 15 is 0 Å². The zero-order valence-electron chi connectivity index (χ0n) is 16.8. The molecule has 1 saturated carbocycles. The molecule has 0 radical (unpaired) electrons. The predicted molar refractivity (Wildman–Crippen MR) is 106 cm³/mol. The Balaban J connectivity index is 1.84. The van der Waals surface area contributed by atoms with Crippen LogP contribution in [0.3, 0.4) is 0 Å². The van der Waals surface area contributed by atoms with Gasteiger partial charge in [-0.05, 0) is 62.7 Å². The molecule has 150 valence electrons. The number of carboxylic acid groups (broad SMARTS) is 1. The first-order valence-corrected chi connectivity index (χ1v) is 10.5. The average molecular weight is 375 g/mol. The van der Waals surface area contributed by atoms with Gasteiger partial charge in [0.05, 0.1) is 0 Å². The van der Waals surface area contributed by atoms with Crippen LogP contribution in [0.4, 0.5) is 0 Å². The number of carbonyl (C=O) groups excluding carboxylic acids is 1. The van der Waals surface area contributed by atoms with E-state index in [1.807, 2.05) is 6.92 Å². The third-order valence-electron chi connectivity index (χ3n) is 6.09. The van der Waals surface area contributed by atoms with Crippen molar-refractivity contribution in [1.82, 2.24) is 0 Å². The van der Waals surface area contributed by atoms with Crippen molar-refractivity contribution in [1.29, 1.82) is 0 Å². The summed E-state index contributed by atoms with van der Waals surface area (Å²) in [4.78, 5) is 23.4. The molecule has 0 saturated heterocycles. The number of hydrogen-bond donors (Lipinski definition) is 2. The molecule has 4 atom stereocenters. The van der Waals surface area contributed by atoms with Crippen molar-refractivity contribution in [3.05, 3.63) is 11.6 Å². The summed E-state index contributed by atoms with van der Waals surface area (Å²) in [5, 5.41) is 19.7. The number of carboxylic acids is 1. The lowest BCUT2D eigenvalue weighted by molar-refractivity contribution is -0.138. The SMILES string of the molecule is CCC#CCC(C)CCC(=O)C1(O)C[C@H]2CCC(CCCC(=O)O)=C[C@@H]2C1. The van der Waals surface area contributed by atoms with Gasteiger partial charge in [-0.25, -0.2) is 0 Å². The van der Waals surface area contributed by atoms with Crippen LogP contribution in [0.25, 0.3) is 0 Å². The number of ketones is 1. The standard InChI is InChI=1S/C23H34O4/c1-3-4-5-7-17(2)10-13-21(24)23(27)15-19-12-11-18(14-20(19)16-23)8-6-9-22(25)26/h14,17,19-20,27H,3,6-13,15-16H2,1-2H3,(H,25,26)/t17?,19-,20-,23?/m1/s1. The van der Waals surface area contributed by atoms with Crippen molar-refractivity contribution in [3.63, 3.8) is 0 Å². The molecule has 0 aromatic carbocycles. The zero-order valence-corrected chi connectivity index (χ0v) is 16.8. The van der Waals surface area contributed by atoms with Crippen molar-refractivity contribution in [2.24, 2.45) is 17.8 Å². The van der Waals surface area contributed by atoms with Crippen molar-refractivity contribution >= 4 is 11.8 Å². The Bertz CT molecular complexity index is 624. The van der Waals surface area contributed by atoms with E-state index in [1.165, 1.54) is 5.57 Å². The lowest BCUT2D eigenvalue weighted by atomic mass is 9.82. The Hall–Kier alpha value is -1.60. The summed E-state index contributed by atoms with van der Waals surface area (Å²) in [5.74, 6) is 6.47. The highest BCUT2D eigenvalue weighted by molar-refractivity contribution is 5.87. The van der Waals surface area contributed by atoms with E-state index in [9.17, 15) is 14.7 Å². The molecule has 0 aromatic heterocycles. The molecule has 2 N–H and O–H groups in total. The first kappa shape index (κ1) is 21.7. The van der Waals surface area contributed by atoms with Crippen LogP contribution in [0.15, 0.2) is 11.6 Å². The van der Waals surface area contributed by atoms with Gasteiger partial charge < -0.3 is 10.2 Å². The molecule has 0 amide bonds.